The van der Waals surface area contributed by atoms with E-state index in [1.165, 1.54) is 0 Å². The predicted octanol–water partition coefficient (Wildman–Crippen LogP) is 2.76. The van der Waals surface area contributed by atoms with Crippen molar-refractivity contribution in [3.63, 3.8) is 0 Å². The zero-order valence-corrected chi connectivity index (χ0v) is 11.2. The molecular weight excluding hydrogens is 254 g/mol. The summed E-state index contributed by atoms with van der Waals surface area (Å²) in [6.45, 7) is 0. The van der Waals surface area contributed by atoms with Crippen LogP contribution in [0.25, 0.3) is 0 Å². The van der Waals surface area contributed by atoms with Gasteiger partial charge in [-0.25, -0.2) is 0 Å². The fourth-order valence-electron chi connectivity index (χ4n) is 1.88. The number of ether oxygens (including phenoxy) is 1. The van der Waals surface area contributed by atoms with Crippen molar-refractivity contribution in [3.05, 3.63) is 60.2 Å². The van der Waals surface area contributed by atoms with Crippen LogP contribution in [0.4, 0.5) is 5.69 Å². The van der Waals surface area contributed by atoms with Gasteiger partial charge < -0.3 is 15.2 Å². The quantitative estimate of drug-likeness (QED) is 0.879. The number of aliphatic hydroxyl groups is 1. The molecule has 0 radical (unpaired) electrons. The number of benzene rings is 2. The molecule has 0 bridgehead atoms. The van der Waals surface area contributed by atoms with Crippen LogP contribution in [0.15, 0.2) is 54.6 Å². The summed E-state index contributed by atoms with van der Waals surface area (Å²) in [5.74, 6) is 0.431. The second-order valence-corrected chi connectivity index (χ2v) is 4.41. The number of methoxy groups -OCH3 is 1. The summed E-state index contributed by atoms with van der Waals surface area (Å²) in [4.78, 5) is 11.9. The van der Waals surface area contributed by atoms with E-state index in [0.717, 1.165) is 5.56 Å². The van der Waals surface area contributed by atoms with E-state index >= 15 is 0 Å². The Morgan fingerprint density at radius 1 is 1.20 bits per heavy atom. The highest BCUT2D eigenvalue weighted by atomic mass is 16.5. The molecule has 0 aromatic heterocycles. The van der Waals surface area contributed by atoms with Gasteiger partial charge in [-0.15, -0.1) is 0 Å². The van der Waals surface area contributed by atoms with Gasteiger partial charge >= 0.3 is 0 Å². The summed E-state index contributed by atoms with van der Waals surface area (Å²) in [6, 6.07) is 16.2. The Morgan fingerprint density at radius 3 is 2.65 bits per heavy atom. The fraction of sp³-hybridized carbons (Fsp3) is 0.188. The van der Waals surface area contributed by atoms with Crippen LogP contribution in [0.1, 0.15) is 18.1 Å². The first-order valence-electron chi connectivity index (χ1n) is 6.36. The average Bonchev–Trinajstić information content (AvgIpc) is 2.48. The number of rotatable bonds is 5. The smallest absolute Gasteiger partial charge is 0.227 e. The molecule has 2 N–H and O–H groups in total. The van der Waals surface area contributed by atoms with Gasteiger partial charge in [-0.2, -0.15) is 0 Å². The Hall–Kier alpha value is -2.33. The first kappa shape index (κ1) is 14.1. The van der Waals surface area contributed by atoms with Gasteiger partial charge in [0.1, 0.15) is 5.75 Å². The van der Waals surface area contributed by atoms with Crippen LogP contribution in [-0.4, -0.2) is 18.1 Å². The van der Waals surface area contributed by atoms with Crippen molar-refractivity contribution in [1.29, 1.82) is 0 Å². The van der Waals surface area contributed by atoms with Gasteiger partial charge in [0.2, 0.25) is 5.91 Å². The fourth-order valence-corrected chi connectivity index (χ4v) is 1.88. The monoisotopic (exact) mass is 271 g/mol. The molecule has 1 unspecified atom stereocenters. The van der Waals surface area contributed by atoms with Gasteiger partial charge in [0.25, 0.3) is 0 Å². The van der Waals surface area contributed by atoms with E-state index in [1.807, 2.05) is 18.2 Å². The standard InChI is InChI=1S/C16H17NO3/c1-20-14-9-5-8-13(10-14)17-16(19)11-15(18)12-6-3-2-4-7-12/h2-10,15,18H,11H2,1H3,(H,17,19). The van der Waals surface area contributed by atoms with Crippen LogP contribution in [0.5, 0.6) is 5.75 Å². The molecule has 0 saturated heterocycles. The number of nitrogens with one attached hydrogen (secondary N) is 1. The Morgan fingerprint density at radius 2 is 1.95 bits per heavy atom. The Kier molecular flexibility index (Phi) is 4.74. The van der Waals surface area contributed by atoms with E-state index in [9.17, 15) is 9.90 Å². The lowest BCUT2D eigenvalue weighted by Crippen LogP contribution is -2.15. The normalized spacial score (nSPS) is 11.7. The van der Waals surface area contributed by atoms with Gasteiger partial charge in [0.05, 0.1) is 19.6 Å². The molecule has 0 spiro atoms. The highest BCUT2D eigenvalue weighted by Crippen LogP contribution is 2.19. The molecule has 1 amide bonds. The Labute approximate surface area is 118 Å². The summed E-state index contributed by atoms with van der Waals surface area (Å²) in [5.41, 5.74) is 1.38. The molecule has 2 rings (SSSR count). The Bertz CT molecular complexity index is 569. The minimum absolute atomic E-state index is 0.0151. The summed E-state index contributed by atoms with van der Waals surface area (Å²) < 4.78 is 5.09. The second-order valence-electron chi connectivity index (χ2n) is 4.41. The average molecular weight is 271 g/mol. The summed E-state index contributed by atoms with van der Waals surface area (Å²) in [5, 5.41) is 12.7. The molecule has 0 fully saturated rings. The topological polar surface area (TPSA) is 58.6 Å². The van der Waals surface area contributed by atoms with Crippen LogP contribution < -0.4 is 10.1 Å². The van der Waals surface area contributed by atoms with Crippen molar-refractivity contribution >= 4 is 11.6 Å². The van der Waals surface area contributed by atoms with Crippen molar-refractivity contribution in [2.45, 2.75) is 12.5 Å². The SMILES string of the molecule is COc1cccc(NC(=O)CC(O)c2ccccc2)c1. The van der Waals surface area contributed by atoms with E-state index < -0.39 is 6.10 Å². The van der Waals surface area contributed by atoms with Crippen molar-refractivity contribution < 1.29 is 14.6 Å². The molecule has 20 heavy (non-hydrogen) atoms. The molecule has 104 valence electrons. The van der Waals surface area contributed by atoms with Gasteiger partial charge in [-0.3, -0.25) is 4.79 Å². The van der Waals surface area contributed by atoms with Crippen LogP contribution in [-0.2, 0) is 4.79 Å². The van der Waals surface area contributed by atoms with Crippen molar-refractivity contribution in [3.8, 4) is 5.75 Å². The van der Waals surface area contributed by atoms with Crippen molar-refractivity contribution in [1.82, 2.24) is 0 Å². The maximum absolute atomic E-state index is 11.9. The second kappa shape index (κ2) is 6.73. The lowest BCUT2D eigenvalue weighted by molar-refractivity contribution is -0.118. The van der Waals surface area contributed by atoms with E-state index in [2.05, 4.69) is 5.32 Å². The molecular formula is C16H17NO3. The van der Waals surface area contributed by atoms with Crippen molar-refractivity contribution in [2.75, 3.05) is 12.4 Å². The minimum Gasteiger partial charge on any atom is -0.497 e. The zero-order valence-electron chi connectivity index (χ0n) is 11.2. The van der Waals surface area contributed by atoms with E-state index in [0.29, 0.717) is 11.4 Å². The molecule has 4 nitrogen and oxygen atoms in total. The number of amides is 1. The molecule has 0 heterocycles. The first-order chi connectivity index (χ1) is 9.69. The molecule has 2 aromatic rings. The van der Waals surface area contributed by atoms with Crippen LogP contribution in [0.2, 0.25) is 0 Å². The van der Waals surface area contributed by atoms with Crippen LogP contribution in [0.3, 0.4) is 0 Å². The number of anilines is 1. The summed E-state index contributed by atoms with van der Waals surface area (Å²) in [6.07, 6.45) is -0.789. The molecule has 0 aliphatic rings. The van der Waals surface area contributed by atoms with Gasteiger partial charge in [-0.05, 0) is 17.7 Å². The first-order valence-corrected chi connectivity index (χ1v) is 6.36. The lowest BCUT2D eigenvalue weighted by Gasteiger charge is -2.11. The molecule has 4 heteroatoms. The minimum atomic E-state index is -0.804. The predicted molar refractivity (Wildman–Crippen MR) is 77.6 cm³/mol. The van der Waals surface area contributed by atoms with Gasteiger partial charge in [0, 0.05) is 11.8 Å². The summed E-state index contributed by atoms with van der Waals surface area (Å²) in [7, 11) is 1.57. The maximum atomic E-state index is 11.9. The third-order valence-electron chi connectivity index (χ3n) is 2.92. The Balaban J connectivity index is 1.95. The maximum Gasteiger partial charge on any atom is 0.227 e. The number of carbonyl (C=O) groups excluding carboxylic acids is 1. The van der Waals surface area contributed by atoms with Crippen LogP contribution in [0, 0.1) is 0 Å². The number of hydrogen-bond acceptors (Lipinski definition) is 3. The largest absolute Gasteiger partial charge is 0.497 e. The molecule has 2 aromatic carbocycles. The molecule has 0 saturated carbocycles. The number of carbonyl (C=O) groups is 1. The van der Waals surface area contributed by atoms with Crippen LogP contribution >= 0.6 is 0 Å². The number of aliphatic hydroxyl groups excluding tert-OH is 1. The van der Waals surface area contributed by atoms with E-state index in [4.69, 9.17) is 4.74 Å². The third-order valence-corrected chi connectivity index (χ3v) is 2.92. The molecule has 0 aliphatic carbocycles. The summed E-state index contributed by atoms with van der Waals surface area (Å²) >= 11 is 0. The third kappa shape index (κ3) is 3.83. The van der Waals surface area contributed by atoms with E-state index in [-0.39, 0.29) is 12.3 Å². The van der Waals surface area contributed by atoms with E-state index in [1.54, 1.807) is 43.5 Å². The van der Waals surface area contributed by atoms with Gasteiger partial charge in [-0.1, -0.05) is 36.4 Å². The lowest BCUT2D eigenvalue weighted by atomic mass is 10.1. The zero-order chi connectivity index (χ0) is 14.4. The molecule has 1 atom stereocenters. The molecule has 0 aliphatic heterocycles. The highest BCUT2D eigenvalue weighted by Gasteiger charge is 2.12. The van der Waals surface area contributed by atoms with Crippen molar-refractivity contribution in [2.24, 2.45) is 0 Å². The van der Waals surface area contributed by atoms with Gasteiger partial charge in [0.15, 0.2) is 0 Å². The highest BCUT2D eigenvalue weighted by molar-refractivity contribution is 5.91. The number of hydrogen-bond donors (Lipinski definition) is 2.